The Morgan fingerprint density at radius 2 is 2.22 bits per heavy atom. The molecule has 118 valence electrons. The van der Waals surface area contributed by atoms with Crippen molar-refractivity contribution in [2.24, 2.45) is 0 Å². The Hall–Kier alpha value is -2.47. The van der Waals surface area contributed by atoms with Gasteiger partial charge in [-0.1, -0.05) is 6.07 Å². The summed E-state index contributed by atoms with van der Waals surface area (Å²) in [5, 5.41) is 7.01. The van der Waals surface area contributed by atoms with E-state index in [1.54, 1.807) is 12.4 Å². The fourth-order valence-electron chi connectivity index (χ4n) is 3.11. The summed E-state index contributed by atoms with van der Waals surface area (Å²) in [4.78, 5) is 13.5. The average Bonchev–Trinajstić information content (AvgIpc) is 3.01. The number of rotatable bonds is 3. The number of imidazole rings is 1. The largest absolute Gasteiger partial charge is 0.364 e. The molecule has 0 aromatic carbocycles. The van der Waals surface area contributed by atoms with Crippen LogP contribution in [0, 0.1) is 0 Å². The van der Waals surface area contributed by atoms with Crippen LogP contribution in [0.2, 0.25) is 0 Å². The predicted octanol–water partition coefficient (Wildman–Crippen LogP) is 2.34. The zero-order valence-electron chi connectivity index (χ0n) is 13.1. The van der Waals surface area contributed by atoms with Gasteiger partial charge in [0.15, 0.2) is 0 Å². The Kier molecular flexibility index (Phi) is 3.67. The van der Waals surface area contributed by atoms with E-state index in [0.717, 1.165) is 35.8 Å². The van der Waals surface area contributed by atoms with Crippen molar-refractivity contribution in [2.75, 3.05) is 11.9 Å². The first-order chi connectivity index (χ1) is 11.3. The maximum Gasteiger partial charge on any atom is 0.145 e. The van der Waals surface area contributed by atoms with Crippen LogP contribution in [0.25, 0.3) is 17.0 Å². The highest BCUT2D eigenvalue weighted by Gasteiger charge is 2.21. The number of anilines is 1. The summed E-state index contributed by atoms with van der Waals surface area (Å²) < 4.78 is 2.03. The topological polar surface area (TPSA) is 67.1 Å². The number of aromatic nitrogens is 4. The lowest BCUT2D eigenvalue weighted by atomic mass is 10.00. The van der Waals surface area contributed by atoms with E-state index in [9.17, 15) is 0 Å². The van der Waals surface area contributed by atoms with Gasteiger partial charge in [-0.3, -0.25) is 9.38 Å². The normalized spacial score (nSPS) is 21.4. The van der Waals surface area contributed by atoms with Gasteiger partial charge in [-0.25, -0.2) is 9.97 Å². The molecule has 6 nitrogen and oxygen atoms in total. The molecule has 1 aliphatic rings. The van der Waals surface area contributed by atoms with Crippen LogP contribution in [0.3, 0.4) is 0 Å². The Balaban J connectivity index is 1.63. The molecule has 4 heterocycles. The monoisotopic (exact) mass is 308 g/mol. The molecule has 0 aliphatic carbocycles. The Bertz CT molecular complexity index is 811. The van der Waals surface area contributed by atoms with Gasteiger partial charge in [-0.15, -0.1) is 0 Å². The lowest BCUT2D eigenvalue weighted by Gasteiger charge is -2.30. The zero-order valence-corrected chi connectivity index (χ0v) is 13.1. The van der Waals surface area contributed by atoms with Crippen LogP contribution in [0.1, 0.15) is 19.8 Å². The molecule has 1 fully saturated rings. The van der Waals surface area contributed by atoms with Crippen LogP contribution in [0.4, 0.5) is 5.82 Å². The molecule has 0 spiro atoms. The molecule has 0 amide bonds. The highest BCUT2D eigenvalue weighted by atomic mass is 15.1. The van der Waals surface area contributed by atoms with Gasteiger partial charge in [0.25, 0.3) is 0 Å². The number of fused-ring (bicyclic) bond motifs is 1. The molecule has 2 N–H and O–H groups in total. The van der Waals surface area contributed by atoms with E-state index in [0.29, 0.717) is 12.1 Å². The lowest BCUT2D eigenvalue weighted by Crippen LogP contribution is -2.46. The predicted molar refractivity (Wildman–Crippen MR) is 90.3 cm³/mol. The smallest absolute Gasteiger partial charge is 0.145 e. The third-order valence-electron chi connectivity index (χ3n) is 4.41. The van der Waals surface area contributed by atoms with E-state index in [2.05, 4.69) is 27.5 Å². The zero-order chi connectivity index (χ0) is 15.6. The van der Waals surface area contributed by atoms with Gasteiger partial charge in [0, 0.05) is 18.3 Å². The number of hydrogen-bond acceptors (Lipinski definition) is 5. The van der Waals surface area contributed by atoms with Gasteiger partial charge in [-0.2, -0.15) is 0 Å². The fraction of sp³-hybridized carbons (Fsp3) is 0.353. The highest BCUT2D eigenvalue weighted by Crippen LogP contribution is 2.20. The fourth-order valence-corrected chi connectivity index (χ4v) is 3.11. The Morgan fingerprint density at radius 1 is 1.26 bits per heavy atom. The molecule has 0 radical (unpaired) electrons. The van der Waals surface area contributed by atoms with Crippen LogP contribution in [0.15, 0.2) is 43.0 Å². The maximum absolute atomic E-state index is 4.73. The van der Waals surface area contributed by atoms with E-state index in [1.165, 1.54) is 6.42 Å². The average molecular weight is 308 g/mol. The summed E-state index contributed by atoms with van der Waals surface area (Å²) in [6.07, 6.45) is 9.73. The number of piperidine rings is 1. The summed E-state index contributed by atoms with van der Waals surface area (Å²) in [7, 11) is 0. The van der Waals surface area contributed by atoms with Gasteiger partial charge in [-0.05, 0) is 38.4 Å². The van der Waals surface area contributed by atoms with Crippen molar-refractivity contribution in [2.45, 2.75) is 31.8 Å². The van der Waals surface area contributed by atoms with Crippen molar-refractivity contribution in [1.29, 1.82) is 0 Å². The lowest BCUT2D eigenvalue weighted by molar-refractivity contribution is 0.388. The molecule has 6 heteroatoms. The van der Waals surface area contributed by atoms with E-state index in [4.69, 9.17) is 4.98 Å². The van der Waals surface area contributed by atoms with E-state index in [1.807, 2.05) is 35.0 Å². The van der Waals surface area contributed by atoms with Crippen LogP contribution in [-0.2, 0) is 0 Å². The van der Waals surface area contributed by atoms with Crippen molar-refractivity contribution >= 4 is 11.5 Å². The Morgan fingerprint density at radius 3 is 3.13 bits per heavy atom. The van der Waals surface area contributed by atoms with Gasteiger partial charge in [0.1, 0.15) is 17.2 Å². The molecule has 1 aliphatic heterocycles. The minimum Gasteiger partial charge on any atom is -0.364 e. The second-order valence-corrected chi connectivity index (χ2v) is 6.00. The third kappa shape index (κ3) is 2.77. The summed E-state index contributed by atoms with van der Waals surface area (Å²) in [5.74, 6) is 0.814. The molecule has 3 aromatic heterocycles. The number of hydrogen-bond donors (Lipinski definition) is 2. The first kappa shape index (κ1) is 14.1. The highest BCUT2D eigenvalue weighted by molar-refractivity contribution is 5.60. The van der Waals surface area contributed by atoms with Crippen LogP contribution in [0.5, 0.6) is 0 Å². The summed E-state index contributed by atoms with van der Waals surface area (Å²) in [6.45, 7) is 3.30. The quantitative estimate of drug-likeness (QED) is 0.777. The van der Waals surface area contributed by atoms with Crippen molar-refractivity contribution in [3.63, 3.8) is 0 Å². The molecule has 4 rings (SSSR count). The van der Waals surface area contributed by atoms with Gasteiger partial charge in [0.05, 0.1) is 24.3 Å². The van der Waals surface area contributed by atoms with Crippen LogP contribution >= 0.6 is 0 Å². The molecule has 2 atom stereocenters. The van der Waals surface area contributed by atoms with Crippen molar-refractivity contribution in [1.82, 2.24) is 24.7 Å². The Labute approximate surface area is 135 Å². The number of pyridine rings is 1. The first-order valence-corrected chi connectivity index (χ1v) is 8.06. The summed E-state index contributed by atoms with van der Waals surface area (Å²) in [5.41, 5.74) is 2.68. The van der Waals surface area contributed by atoms with Crippen LogP contribution in [-0.4, -0.2) is 38.0 Å². The van der Waals surface area contributed by atoms with E-state index < -0.39 is 0 Å². The molecule has 0 bridgehead atoms. The maximum atomic E-state index is 4.73. The molecule has 1 saturated heterocycles. The van der Waals surface area contributed by atoms with E-state index >= 15 is 0 Å². The SMILES string of the molecule is C[C@@H]1NCCC[C@@H]1Nc1cncc(-c2cnc3ccccn23)n1. The minimum atomic E-state index is 0.385. The van der Waals surface area contributed by atoms with Gasteiger partial charge < -0.3 is 10.6 Å². The van der Waals surface area contributed by atoms with E-state index in [-0.39, 0.29) is 0 Å². The van der Waals surface area contributed by atoms with Crippen molar-refractivity contribution < 1.29 is 0 Å². The molecule has 0 unspecified atom stereocenters. The van der Waals surface area contributed by atoms with Gasteiger partial charge in [0.2, 0.25) is 0 Å². The summed E-state index contributed by atoms with van der Waals surface area (Å²) >= 11 is 0. The second kappa shape index (κ2) is 5.96. The molecule has 23 heavy (non-hydrogen) atoms. The molecular weight excluding hydrogens is 288 g/mol. The second-order valence-electron chi connectivity index (χ2n) is 6.00. The minimum absolute atomic E-state index is 0.385. The third-order valence-corrected chi connectivity index (χ3v) is 4.41. The standard InChI is InChI=1S/C17H20N6/c1-12-13(5-4-7-19-12)21-16-11-18-9-14(22-16)15-10-20-17-6-2-3-8-23(15)17/h2-3,6,8-13,19H,4-5,7H2,1H3,(H,21,22)/t12-,13-/m0/s1. The molecular formula is C17H20N6. The van der Waals surface area contributed by atoms with Crippen molar-refractivity contribution in [3.05, 3.63) is 43.0 Å². The van der Waals surface area contributed by atoms with Crippen molar-refractivity contribution in [3.8, 4) is 11.4 Å². The van der Waals surface area contributed by atoms with Gasteiger partial charge >= 0.3 is 0 Å². The molecule has 3 aromatic rings. The number of nitrogens with zero attached hydrogens (tertiary/aromatic N) is 4. The molecule has 0 saturated carbocycles. The van der Waals surface area contributed by atoms with Crippen LogP contribution < -0.4 is 10.6 Å². The summed E-state index contributed by atoms with van der Waals surface area (Å²) in [6, 6.07) is 6.77. The first-order valence-electron chi connectivity index (χ1n) is 8.06. The number of nitrogens with one attached hydrogen (secondary N) is 2.